The molecule has 0 bridgehead atoms. The summed E-state index contributed by atoms with van der Waals surface area (Å²) in [6, 6.07) is 12.8. The highest BCUT2D eigenvalue weighted by Crippen LogP contribution is 2.27. The minimum atomic E-state index is -0.133. The number of ether oxygens (including phenoxy) is 3. The van der Waals surface area contributed by atoms with Crippen molar-refractivity contribution in [1.29, 1.82) is 0 Å². The molecule has 0 aliphatic heterocycles. The van der Waals surface area contributed by atoms with E-state index in [1.165, 1.54) is 0 Å². The molecule has 0 radical (unpaired) electrons. The third-order valence-corrected chi connectivity index (χ3v) is 3.47. The van der Waals surface area contributed by atoms with E-state index in [2.05, 4.69) is 5.32 Å². The van der Waals surface area contributed by atoms with Crippen LogP contribution in [0.3, 0.4) is 0 Å². The molecule has 0 spiro atoms. The monoisotopic (exact) mass is 329 g/mol. The topological polar surface area (TPSA) is 56.8 Å². The van der Waals surface area contributed by atoms with E-state index < -0.39 is 0 Å². The van der Waals surface area contributed by atoms with E-state index in [1.807, 2.05) is 43.3 Å². The molecule has 1 amide bonds. The normalized spacial score (nSPS) is 10.1. The molecule has 0 aromatic heterocycles. The highest BCUT2D eigenvalue weighted by atomic mass is 16.5. The quantitative estimate of drug-likeness (QED) is 0.803. The van der Waals surface area contributed by atoms with Crippen LogP contribution in [-0.4, -0.2) is 26.7 Å². The van der Waals surface area contributed by atoms with E-state index in [9.17, 15) is 4.79 Å². The van der Waals surface area contributed by atoms with Gasteiger partial charge in [0.05, 0.1) is 32.9 Å². The summed E-state index contributed by atoms with van der Waals surface area (Å²) in [5, 5.41) is 2.90. The lowest BCUT2D eigenvalue weighted by molar-refractivity contribution is -0.115. The number of carbonyl (C=O) groups excluding carboxylic acids is 1. The minimum absolute atomic E-state index is 0.133. The van der Waals surface area contributed by atoms with Crippen LogP contribution in [0.4, 0.5) is 5.69 Å². The smallest absolute Gasteiger partial charge is 0.229 e. The van der Waals surface area contributed by atoms with Crippen LogP contribution in [0.15, 0.2) is 42.5 Å². The average Bonchev–Trinajstić information content (AvgIpc) is 2.61. The summed E-state index contributed by atoms with van der Waals surface area (Å²) in [6.07, 6.45) is 1.11. The summed E-state index contributed by atoms with van der Waals surface area (Å²) in [5.41, 5.74) is 1.46. The summed E-state index contributed by atoms with van der Waals surface area (Å²) in [4.78, 5) is 12.4. The molecule has 0 atom stereocenters. The zero-order valence-corrected chi connectivity index (χ0v) is 14.3. The third-order valence-electron chi connectivity index (χ3n) is 3.47. The molecule has 5 nitrogen and oxygen atoms in total. The standard InChI is InChI=1S/C19H23NO4/c1-4-11-24-17-8-6-5-7-16(17)20-19(21)12-14-9-10-15(22-2)13-18(14)23-3/h5-10,13H,4,11-12H2,1-3H3,(H,20,21). The molecule has 0 heterocycles. The number of benzene rings is 2. The van der Waals surface area contributed by atoms with Crippen LogP contribution < -0.4 is 19.5 Å². The second-order valence-electron chi connectivity index (χ2n) is 5.25. The Morgan fingerprint density at radius 1 is 1.04 bits per heavy atom. The molecule has 0 aliphatic carbocycles. The molecule has 0 saturated heterocycles. The molecular formula is C19H23NO4. The van der Waals surface area contributed by atoms with Crippen molar-refractivity contribution >= 4 is 11.6 Å². The average molecular weight is 329 g/mol. The lowest BCUT2D eigenvalue weighted by Gasteiger charge is -2.13. The van der Waals surface area contributed by atoms with Gasteiger partial charge in [0, 0.05) is 11.6 Å². The van der Waals surface area contributed by atoms with Crippen molar-refractivity contribution < 1.29 is 19.0 Å². The zero-order valence-electron chi connectivity index (χ0n) is 14.3. The molecule has 1 N–H and O–H groups in total. The van der Waals surface area contributed by atoms with E-state index in [-0.39, 0.29) is 12.3 Å². The predicted octanol–water partition coefficient (Wildman–Crippen LogP) is 3.67. The Kier molecular flexibility index (Phi) is 6.49. The second kappa shape index (κ2) is 8.82. The van der Waals surface area contributed by atoms with E-state index in [0.717, 1.165) is 12.0 Å². The molecule has 0 unspecified atom stereocenters. The van der Waals surface area contributed by atoms with Crippen molar-refractivity contribution in [3.63, 3.8) is 0 Å². The molecule has 2 rings (SSSR count). The van der Waals surface area contributed by atoms with E-state index >= 15 is 0 Å². The van der Waals surface area contributed by atoms with Crippen LogP contribution in [0.5, 0.6) is 17.2 Å². The molecule has 0 aliphatic rings. The minimum Gasteiger partial charge on any atom is -0.497 e. The van der Waals surface area contributed by atoms with Crippen LogP contribution in [0, 0.1) is 0 Å². The molecule has 0 fully saturated rings. The van der Waals surface area contributed by atoms with Crippen LogP contribution in [0.25, 0.3) is 0 Å². The maximum absolute atomic E-state index is 12.4. The first-order valence-corrected chi connectivity index (χ1v) is 7.90. The zero-order chi connectivity index (χ0) is 17.4. The molecule has 5 heteroatoms. The SMILES string of the molecule is CCCOc1ccccc1NC(=O)Cc1ccc(OC)cc1OC. The summed E-state index contributed by atoms with van der Waals surface area (Å²) in [6.45, 7) is 2.65. The largest absolute Gasteiger partial charge is 0.497 e. The lowest BCUT2D eigenvalue weighted by atomic mass is 10.1. The first kappa shape index (κ1) is 17.7. The Bertz CT molecular complexity index is 685. The number of methoxy groups -OCH3 is 2. The highest BCUT2D eigenvalue weighted by molar-refractivity contribution is 5.94. The first-order chi connectivity index (χ1) is 11.7. The summed E-state index contributed by atoms with van der Waals surface area (Å²) in [7, 11) is 3.17. The third kappa shape index (κ3) is 4.65. The number of para-hydroxylation sites is 2. The van der Waals surface area contributed by atoms with Gasteiger partial charge in [-0.25, -0.2) is 0 Å². The van der Waals surface area contributed by atoms with Crippen molar-refractivity contribution in [2.45, 2.75) is 19.8 Å². The molecule has 2 aromatic carbocycles. The Morgan fingerprint density at radius 2 is 1.83 bits per heavy atom. The first-order valence-electron chi connectivity index (χ1n) is 7.90. The van der Waals surface area contributed by atoms with Crippen molar-refractivity contribution in [2.75, 3.05) is 26.1 Å². The highest BCUT2D eigenvalue weighted by Gasteiger charge is 2.12. The van der Waals surface area contributed by atoms with Gasteiger partial charge < -0.3 is 19.5 Å². The van der Waals surface area contributed by atoms with Crippen molar-refractivity contribution in [3.05, 3.63) is 48.0 Å². The fraction of sp³-hybridized carbons (Fsp3) is 0.316. The maximum Gasteiger partial charge on any atom is 0.229 e. The Balaban J connectivity index is 2.09. The summed E-state index contributed by atoms with van der Waals surface area (Å²) >= 11 is 0. The number of hydrogen-bond acceptors (Lipinski definition) is 4. The van der Waals surface area contributed by atoms with Gasteiger partial charge in [-0.3, -0.25) is 4.79 Å². The predicted molar refractivity (Wildman–Crippen MR) is 94.1 cm³/mol. The number of anilines is 1. The number of nitrogens with one attached hydrogen (secondary N) is 1. The van der Waals surface area contributed by atoms with Crippen molar-refractivity contribution in [3.8, 4) is 17.2 Å². The van der Waals surface area contributed by atoms with Gasteiger partial charge in [0.1, 0.15) is 17.2 Å². The second-order valence-corrected chi connectivity index (χ2v) is 5.25. The molecular weight excluding hydrogens is 306 g/mol. The van der Waals surface area contributed by atoms with Crippen LogP contribution in [0.2, 0.25) is 0 Å². The van der Waals surface area contributed by atoms with Gasteiger partial charge >= 0.3 is 0 Å². The van der Waals surface area contributed by atoms with Crippen molar-refractivity contribution in [1.82, 2.24) is 0 Å². The fourth-order valence-corrected chi connectivity index (χ4v) is 2.27. The molecule has 0 saturated carbocycles. The fourth-order valence-electron chi connectivity index (χ4n) is 2.27. The number of amides is 1. The van der Waals surface area contributed by atoms with Gasteiger partial charge in [-0.2, -0.15) is 0 Å². The van der Waals surface area contributed by atoms with Gasteiger partial charge in [-0.1, -0.05) is 25.1 Å². The van der Waals surface area contributed by atoms with Crippen LogP contribution in [-0.2, 0) is 11.2 Å². The van der Waals surface area contributed by atoms with E-state index in [0.29, 0.717) is 29.5 Å². The van der Waals surface area contributed by atoms with Gasteiger partial charge in [0.15, 0.2) is 0 Å². The Morgan fingerprint density at radius 3 is 2.54 bits per heavy atom. The number of rotatable bonds is 8. The molecule has 2 aromatic rings. The van der Waals surface area contributed by atoms with Gasteiger partial charge in [-0.15, -0.1) is 0 Å². The number of carbonyl (C=O) groups is 1. The van der Waals surface area contributed by atoms with Gasteiger partial charge in [0.2, 0.25) is 5.91 Å². The molecule has 24 heavy (non-hydrogen) atoms. The Labute approximate surface area is 142 Å². The Hall–Kier alpha value is -2.69. The summed E-state index contributed by atoms with van der Waals surface area (Å²) < 4.78 is 16.2. The molecule has 128 valence electrons. The van der Waals surface area contributed by atoms with E-state index in [1.54, 1.807) is 20.3 Å². The van der Waals surface area contributed by atoms with Crippen LogP contribution >= 0.6 is 0 Å². The van der Waals surface area contributed by atoms with Crippen molar-refractivity contribution in [2.24, 2.45) is 0 Å². The van der Waals surface area contributed by atoms with Gasteiger partial charge in [-0.05, 0) is 24.6 Å². The van der Waals surface area contributed by atoms with Crippen LogP contribution in [0.1, 0.15) is 18.9 Å². The summed E-state index contributed by atoms with van der Waals surface area (Å²) in [5.74, 6) is 1.86. The van der Waals surface area contributed by atoms with Gasteiger partial charge in [0.25, 0.3) is 0 Å². The van der Waals surface area contributed by atoms with E-state index in [4.69, 9.17) is 14.2 Å². The lowest BCUT2D eigenvalue weighted by Crippen LogP contribution is -2.15. The maximum atomic E-state index is 12.4. The number of hydrogen-bond donors (Lipinski definition) is 1.